The molecule has 1 aromatic carbocycles. The molecule has 2 heterocycles. The Morgan fingerprint density at radius 1 is 1.21 bits per heavy atom. The second kappa shape index (κ2) is 11.3. The molecule has 0 spiro atoms. The first-order valence-electron chi connectivity index (χ1n) is 11.5. The molecule has 1 aliphatic rings. The Morgan fingerprint density at radius 3 is 2.76 bits per heavy atom. The molecule has 1 amide bonds. The van der Waals surface area contributed by atoms with Gasteiger partial charge >= 0.3 is 0 Å². The summed E-state index contributed by atoms with van der Waals surface area (Å²) in [7, 11) is 0. The molecule has 1 unspecified atom stereocenters. The Hall–Kier alpha value is -3.13. The minimum Gasteiger partial charge on any atom is -0.317 e. The number of nitrogens with one attached hydrogen (secondary N) is 1. The van der Waals surface area contributed by atoms with Gasteiger partial charge in [-0.25, -0.2) is 4.98 Å². The van der Waals surface area contributed by atoms with Crippen LogP contribution in [0, 0.1) is 22.7 Å². The molecule has 0 saturated carbocycles. The lowest BCUT2D eigenvalue weighted by Crippen LogP contribution is -2.13. The highest BCUT2D eigenvalue weighted by molar-refractivity contribution is 7.99. The van der Waals surface area contributed by atoms with E-state index in [4.69, 9.17) is 0 Å². The van der Waals surface area contributed by atoms with Crippen molar-refractivity contribution in [3.05, 3.63) is 75.3 Å². The van der Waals surface area contributed by atoms with Crippen LogP contribution >= 0.6 is 23.1 Å². The number of pyridine rings is 1. The van der Waals surface area contributed by atoms with Gasteiger partial charge in [-0.3, -0.25) is 4.79 Å². The molecule has 172 valence electrons. The van der Waals surface area contributed by atoms with Crippen LogP contribution < -0.4 is 5.32 Å². The number of thioether (sulfide) groups is 1. The van der Waals surface area contributed by atoms with Crippen molar-refractivity contribution in [1.29, 1.82) is 10.5 Å². The molecule has 0 bridgehead atoms. The Bertz CT molecular complexity index is 1250. The number of benzene rings is 1. The highest BCUT2D eigenvalue weighted by Crippen LogP contribution is 2.42. The summed E-state index contributed by atoms with van der Waals surface area (Å²) in [4.78, 5) is 18.5. The van der Waals surface area contributed by atoms with Gasteiger partial charge in [0.2, 0.25) is 5.91 Å². The topological polar surface area (TPSA) is 89.6 Å². The van der Waals surface area contributed by atoms with Gasteiger partial charge in [0.05, 0.1) is 11.1 Å². The van der Waals surface area contributed by atoms with Gasteiger partial charge in [0.15, 0.2) is 0 Å². The van der Waals surface area contributed by atoms with Gasteiger partial charge in [0.25, 0.3) is 0 Å². The molecule has 7 heteroatoms. The number of amides is 1. The third-order valence-corrected chi connectivity index (χ3v) is 8.18. The first-order valence-corrected chi connectivity index (χ1v) is 13.3. The maximum Gasteiger partial charge on any atom is 0.225 e. The molecule has 0 aliphatic heterocycles. The van der Waals surface area contributed by atoms with E-state index in [1.807, 2.05) is 12.1 Å². The summed E-state index contributed by atoms with van der Waals surface area (Å²) in [5.41, 5.74) is 4.55. The molecular formula is C27H26N4OS2. The number of nitrogens with zero attached hydrogens (tertiary/aromatic N) is 3. The van der Waals surface area contributed by atoms with Crippen molar-refractivity contribution in [3.63, 3.8) is 0 Å². The zero-order chi connectivity index (χ0) is 23.9. The fourth-order valence-corrected chi connectivity index (χ4v) is 6.53. The van der Waals surface area contributed by atoms with Gasteiger partial charge in [0.1, 0.15) is 22.2 Å². The standard InChI is InChI=1S/C27H26N4OS2/c1-2-6-21-11-9-20(16-28)26(30-21)33-14-13-25(32)31-27-23(17-29)22-12-10-19(15-24(22)34-27)18-7-4-3-5-8-18/h3-5,7-9,11,19H,2,6,10,12-15H2,1H3,(H,31,32). The van der Waals surface area contributed by atoms with Crippen molar-refractivity contribution in [1.82, 2.24) is 4.98 Å². The zero-order valence-corrected chi connectivity index (χ0v) is 20.8. The summed E-state index contributed by atoms with van der Waals surface area (Å²) >= 11 is 2.97. The number of aryl methyl sites for hydroxylation is 1. The number of thiophene rings is 1. The Morgan fingerprint density at radius 2 is 2.03 bits per heavy atom. The van der Waals surface area contributed by atoms with E-state index in [0.29, 0.717) is 32.8 Å². The number of anilines is 1. The molecule has 34 heavy (non-hydrogen) atoms. The molecule has 1 aliphatic carbocycles. The Labute approximate surface area is 208 Å². The van der Waals surface area contributed by atoms with Crippen LogP contribution in [0.15, 0.2) is 47.5 Å². The third kappa shape index (κ3) is 5.50. The molecule has 2 aromatic heterocycles. The molecule has 5 nitrogen and oxygen atoms in total. The summed E-state index contributed by atoms with van der Waals surface area (Å²) < 4.78 is 0. The average Bonchev–Trinajstić information content (AvgIpc) is 3.21. The van der Waals surface area contributed by atoms with Crippen LogP contribution in [0.2, 0.25) is 0 Å². The van der Waals surface area contributed by atoms with Crippen LogP contribution in [0.3, 0.4) is 0 Å². The fraction of sp³-hybridized carbons (Fsp3) is 0.333. The predicted molar refractivity (Wildman–Crippen MR) is 137 cm³/mol. The number of rotatable bonds is 8. The minimum absolute atomic E-state index is 0.120. The van der Waals surface area contributed by atoms with Gasteiger partial charge < -0.3 is 5.32 Å². The predicted octanol–water partition coefficient (Wildman–Crippen LogP) is 6.23. The van der Waals surface area contributed by atoms with E-state index in [0.717, 1.165) is 43.4 Å². The summed E-state index contributed by atoms with van der Waals surface area (Å²) in [5.74, 6) is 0.848. The fourth-order valence-electron chi connectivity index (χ4n) is 4.30. The largest absolute Gasteiger partial charge is 0.317 e. The number of carbonyl (C=O) groups excluding carboxylic acids is 1. The quantitative estimate of drug-likeness (QED) is 0.381. The van der Waals surface area contributed by atoms with Crippen LogP contribution in [0.25, 0.3) is 0 Å². The maximum atomic E-state index is 12.7. The highest BCUT2D eigenvalue weighted by atomic mass is 32.2. The van der Waals surface area contributed by atoms with E-state index in [2.05, 4.69) is 53.6 Å². The Balaban J connectivity index is 1.39. The average molecular weight is 487 g/mol. The van der Waals surface area contributed by atoms with Gasteiger partial charge in [0, 0.05) is 22.7 Å². The van der Waals surface area contributed by atoms with Gasteiger partial charge in [-0.1, -0.05) is 43.7 Å². The van der Waals surface area contributed by atoms with E-state index >= 15 is 0 Å². The first-order chi connectivity index (χ1) is 16.6. The SMILES string of the molecule is CCCc1ccc(C#N)c(SCCC(=O)Nc2sc3c(c2C#N)CCC(c2ccccc2)C3)n1. The molecule has 0 radical (unpaired) electrons. The number of fused-ring (bicyclic) bond motifs is 1. The van der Waals surface area contributed by atoms with E-state index < -0.39 is 0 Å². The molecule has 4 rings (SSSR count). The summed E-state index contributed by atoms with van der Waals surface area (Å²) in [6.45, 7) is 2.09. The van der Waals surface area contributed by atoms with E-state index in [1.165, 1.54) is 33.5 Å². The molecule has 0 fully saturated rings. The second-order valence-electron chi connectivity index (χ2n) is 8.33. The van der Waals surface area contributed by atoms with Crippen molar-refractivity contribution < 1.29 is 4.79 Å². The Kier molecular flexibility index (Phi) is 8.00. The second-order valence-corrected chi connectivity index (χ2v) is 10.5. The van der Waals surface area contributed by atoms with Crippen LogP contribution in [0.4, 0.5) is 5.00 Å². The van der Waals surface area contributed by atoms with Crippen LogP contribution in [-0.2, 0) is 24.1 Å². The van der Waals surface area contributed by atoms with E-state index in [1.54, 1.807) is 6.07 Å². The maximum absolute atomic E-state index is 12.7. The van der Waals surface area contributed by atoms with Crippen molar-refractivity contribution in [2.75, 3.05) is 11.1 Å². The van der Waals surface area contributed by atoms with E-state index in [9.17, 15) is 15.3 Å². The number of hydrogen-bond acceptors (Lipinski definition) is 6. The normalized spacial score (nSPS) is 14.6. The lowest BCUT2D eigenvalue weighted by atomic mass is 9.83. The number of aromatic nitrogens is 1. The van der Waals surface area contributed by atoms with Crippen molar-refractivity contribution in [2.45, 2.75) is 56.4 Å². The third-order valence-electron chi connectivity index (χ3n) is 6.01. The molecule has 3 aromatic rings. The zero-order valence-electron chi connectivity index (χ0n) is 19.1. The monoisotopic (exact) mass is 486 g/mol. The van der Waals surface area contributed by atoms with Crippen molar-refractivity contribution in [2.24, 2.45) is 0 Å². The summed E-state index contributed by atoms with van der Waals surface area (Å²) in [5, 5.41) is 23.5. The smallest absolute Gasteiger partial charge is 0.225 e. The van der Waals surface area contributed by atoms with Crippen molar-refractivity contribution >= 4 is 34.0 Å². The summed E-state index contributed by atoms with van der Waals surface area (Å²) in [6, 6.07) is 18.7. The molecular weight excluding hydrogens is 460 g/mol. The number of carbonyl (C=O) groups is 1. The van der Waals surface area contributed by atoms with Crippen molar-refractivity contribution in [3.8, 4) is 12.1 Å². The lowest BCUT2D eigenvalue weighted by Gasteiger charge is -2.22. The van der Waals surface area contributed by atoms with Gasteiger partial charge in [-0.05, 0) is 54.9 Å². The number of nitriles is 2. The van der Waals surface area contributed by atoms with E-state index in [-0.39, 0.29) is 12.3 Å². The first kappa shape index (κ1) is 24.0. The lowest BCUT2D eigenvalue weighted by molar-refractivity contribution is -0.115. The molecule has 0 saturated heterocycles. The van der Waals surface area contributed by atoms with Gasteiger partial charge in [-0.15, -0.1) is 23.1 Å². The minimum atomic E-state index is -0.120. The summed E-state index contributed by atoms with van der Waals surface area (Å²) in [6.07, 6.45) is 4.92. The van der Waals surface area contributed by atoms with Crippen LogP contribution in [0.5, 0.6) is 0 Å². The molecule has 1 N–H and O–H groups in total. The van der Waals surface area contributed by atoms with Gasteiger partial charge in [-0.2, -0.15) is 10.5 Å². The van der Waals surface area contributed by atoms with Crippen LogP contribution in [-0.4, -0.2) is 16.6 Å². The highest BCUT2D eigenvalue weighted by Gasteiger charge is 2.27. The molecule has 1 atom stereocenters. The van der Waals surface area contributed by atoms with Crippen LogP contribution in [0.1, 0.15) is 64.9 Å². The number of hydrogen-bond donors (Lipinski definition) is 1.